The van der Waals surface area contributed by atoms with E-state index < -0.39 is 10.0 Å². The molecule has 3 aromatic rings. The van der Waals surface area contributed by atoms with Crippen LogP contribution in [0.1, 0.15) is 41.6 Å². The molecule has 1 atom stereocenters. The number of amides is 1. The number of sulfonamides is 1. The molecule has 7 heteroatoms. The van der Waals surface area contributed by atoms with E-state index in [0.717, 1.165) is 34.7 Å². The number of anilines is 1. The van der Waals surface area contributed by atoms with Crippen LogP contribution in [0.3, 0.4) is 0 Å². The fraction of sp³-hybridized carbons (Fsp3) is 0.296. The quantitative estimate of drug-likeness (QED) is 0.515. The van der Waals surface area contributed by atoms with Crippen molar-refractivity contribution < 1.29 is 17.9 Å². The number of ether oxygens (including phenoxy) is 1. The Morgan fingerprint density at radius 1 is 1.00 bits per heavy atom. The molecule has 3 aromatic carbocycles. The van der Waals surface area contributed by atoms with E-state index >= 15 is 0 Å². The molecule has 1 N–H and O–H groups in total. The van der Waals surface area contributed by atoms with Crippen molar-refractivity contribution in [1.29, 1.82) is 0 Å². The molecule has 1 amide bonds. The summed E-state index contributed by atoms with van der Waals surface area (Å²) in [6, 6.07) is 19.3. The molecule has 0 saturated heterocycles. The lowest BCUT2D eigenvalue weighted by atomic mass is 10.0. The molecule has 6 nitrogen and oxygen atoms in total. The van der Waals surface area contributed by atoms with E-state index in [2.05, 4.69) is 17.4 Å². The third kappa shape index (κ3) is 5.09. The van der Waals surface area contributed by atoms with Gasteiger partial charge in [0.2, 0.25) is 5.91 Å². The van der Waals surface area contributed by atoms with Gasteiger partial charge in [-0.15, -0.1) is 0 Å². The molecule has 0 saturated carbocycles. The number of rotatable bonds is 8. The number of carbonyl (C=O) groups excluding carboxylic acids is 1. The molecule has 1 aliphatic rings. The summed E-state index contributed by atoms with van der Waals surface area (Å²) < 4.78 is 33.4. The number of methoxy groups -OCH3 is 1. The van der Waals surface area contributed by atoms with E-state index in [-0.39, 0.29) is 23.4 Å². The summed E-state index contributed by atoms with van der Waals surface area (Å²) >= 11 is 0. The second-order valence-electron chi connectivity index (χ2n) is 8.69. The van der Waals surface area contributed by atoms with Gasteiger partial charge in [0.1, 0.15) is 12.3 Å². The number of benzene rings is 3. The molecular formula is C27H30N2O4S. The lowest BCUT2D eigenvalue weighted by Gasteiger charge is -2.25. The number of hydrogen-bond acceptors (Lipinski definition) is 4. The average molecular weight is 479 g/mol. The normalized spacial score (nSPS) is 13.7. The second kappa shape index (κ2) is 9.89. The van der Waals surface area contributed by atoms with Crippen molar-refractivity contribution >= 4 is 21.6 Å². The average Bonchev–Trinajstić information content (AvgIpc) is 3.31. The number of fused-ring (bicyclic) bond motifs is 1. The topological polar surface area (TPSA) is 75.7 Å². The summed E-state index contributed by atoms with van der Waals surface area (Å²) in [5.41, 5.74) is 5.07. The van der Waals surface area contributed by atoms with Crippen LogP contribution >= 0.6 is 0 Å². The fourth-order valence-electron chi connectivity index (χ4n) is 4.26. The van der Waals surface area contributed by atoms with Crippen molar-refractivity contribution in [2.45, 2.75) is 44.0 Å². The van der Waals surface area contributed by atoms with E-state index in [4.69, 9.17) is 4.74 Å². The van der Waals surface area contributed by atoms with Gasteiger partial charge < -0.3 is 10.1 Å². The van der Waals surface area contributed by atoms with Gasteiger partial charge in [-0.25, -0.2) is 8.42 Å². The summed E-state index contributed by atoms with van der Waals surface area (Å²) in [6.45, 7) is 3.48. The first-order valence-corrected chi connectivity index (χ1v) is 12.9. The Morgan fingerprint density at radius 2 is 1.68 bits per heavy atom. The molecule has 0 radical (unpaired) electrons. The van der Waals surface area contributed by atoms with Crippen LogP contribution in [-0.2, 0) is 27.7 Å². The van der Waals surface area contributed by atoms with Crippen LogP contribution in [0.4, 0.5) is 5.69 Å². The molecule has 178 valence electrons. The summed E-state index contributed by atoms with van der Waals surface area (Å²) in [5.74, 6) is 0.227. The Kier molecular flexibility index (Phi) is 6.93. The number of hydrogen-bond donors (Lipinski definition) is 1. The van der Waals surface area contributed by atoms with Gasteiger partial charge in [0.15, 0.2) is 0 Å². The molecule has 1 aliphatic carbocycles. The van der Waals surface area contributed by atoms with Gasteiger partial charge >= 0.3 is 0 Å². The maximum atomic E-state index is 13.5. The summed E-state index contributed by atoms with van der Waals surface area (Å²) in [6.07, 6.45) is 3.32. The van der Waals surface area contributed by atoms with Crippen molar-refractivity contribution in [3.05, 3.63) is 89.0 Å². The summed E-state index contributed by atoms with van der Waals surface area (Å²) in [4.78, 5) is 13.2. The van der Waals surface area contributed by atoms with Crippen LogP contribution in [0.15, 0.2) is 71.6 Å². The Morgan fingerprint density at radius 3 is 2.35 bits per heavy atom. The van der Waals surface area contributed by atoms with Crippen LogP contribution in [0, 0.1) is 6.92 Å². The molecule has 4 rings (SSSR count). The van der Waals surface area contributed by atoms with Gasteiger partial charge in [-0.3, -0.25) is 9.10 Å². The second-order valence-corrected chi connectivity index (χ2v) is 10.6. The number of nitrogens with zero attached hydrogens (tertiary/aromatic N) is 1. The van der Waals surface area contributed by atoms with E-state index in [1.807, 2.05) is 19.9 Å². The van der Waals surface area contributed by atoms with Crippen molar-refractivity contribution in [3.63, 3.8) is 0 Å². The Bertz CT molecular complexity index is 1270. The molecule has 0 aromatic heterocycles. The number of nitrogens with one attached hydrogen (secondary N) is 1. The van der Waals surface area contributed by atoms with E-state index in [0.29, 0.717) is 11.4 Å². The van der Waals surface area contributed by atoms with Crippen LogP contribution in [-0.4, -0.2) is 28.0 Å². The first-order valence-electron chi connectivity index (χ1n) is 11.4. The molecular weight excluding hydrogens is 448 g/mol. The molecule has 0 spiro atoms. The minimum atomic E-state index is -3.96. The van der Waals surface area contributed by atoms with E-state index in [1.165, 1.54) is 11.1 Å². The largest absolute Gasteiger partial charge is 0.497 e. The van der Waals surface area contributed by atoms with Gasteiger partial charge in [0.25, 0.3) is 10.0 Å². The van der Waals surface area contributed by atoms with Gasteiger partial charge in [-0.05, 0) is 86.2 Å². The van der Waals surface area contributed by atoms with Gasteiger partial charge in [0.05, 0.1) is 23.7 Å². The molecule has 0 bridgehead atoms. The van der Waals surface area contributed by atoms with Crippen molar-refractivity contribution in [2.75, 3.05) is 18.0 Å². The maximum absolute atomic E-state index is 13.5. The highest BCUT2D eigenvalue weighted by Crippen LogP contribution is 2.27. The highest BCUT2D eigenvalue weighted by Gasteiger charge is 2.28. The van der Waals surface area contributed by atoms with Crippen molar-refractivity contribution in [2.24, 2.45) is 0 Å². The zero-order valence-corrected chi connectivity index (χ0v) is 20.6. The minimum absolute atomic E-state index is 0.133. The van der Waals surface area contributed by atoms with Crippen LogP contribution in [0.2, 0.25) is 0 Å². The van der Waals surface area contributed by atoms with E-state index in [1.54, 1.807) is 55.6 Å². The predicted molar refractivity (Wildman–Crippen MR) is 134 cm³/mol. The molecule has 0 fully saturated rings. The fourth-order valence-corrected chi connectivity index (χ4v) is 5.68. The molecule has 0 unspecified atom stereocenters. The van der Waals surface area contributed by atoms with Gasteiger partial charge in [-0.2, -0.15) is 0 Å². The zero-order valence-electron chi connectivity index (χ0n) is 19.7. The lowest BCUT2D eigenvalue weighted by Crippen LogP contribution is -2.41. The van der Waals surface area contributed by atoms with Crippen LogP contribution < -0.4 is 14.4 Å². The van der Waals surface area contributed by atoms with Crippen LogP contribution in [0.5, 0.6) is 5.75 Å². The van der Waals surface area contributed by atoms with Gasteiger partial charge in [-0.1, -0.05) is 35.9 Å². The van der Waals surface area contributed by atoms with E-state index in [9.17, 15) is 13.2 Å². The predicted octanol–water partition coefficient (Wildman–Crippen LogP) is 4.57. The van der Waals surface area contributed by atoms with Crippen molar-refractivity contribution in [1.82, 2.24) is 5.32 Å². The van der Waals surface area contributed by atoms with Crippen molar-refractivity contribution in [3.8, 4) is 5.75 Å². The third-order valence-electron chi connectivity index (χ3n) is 6.26. The lowest BCUT2D eigenvalue weighted by molar-refractivity contribution is -0.120. The number of carbonyl (C=O) groups is 1. The first kappa shape index (κ1) is 23.8. The Balaban J connectivity index is 1.58. The molecule has 34 heavy (non-hydrogen) atoms. The SMILES string of the molecule is COc1ccc(N(CC(=O)N[C@H](C)c2ccc3c(c2)CCC3)S(=O)(=O)c2ccc(C)cc2)cc1. The van der Waals surface area contributed by atoms with Gasteiger partial charge in [0, 0.05) is 0 Å². The Hall–Kier alpha value is -3.32. The smallest absolute Gasteiger partial charge is 0.264 e. The Labute approximate surface area is 201 Å². The first-order chi connectivity index (χ1) is 16.3. The number of aryl methyl sites for hydroxylation is 3. The molecule has 0 aliphatic heterocycles. The monoisotopic (exact) mass is 478 g/mol. The standard InChI is InChI=1S/C27H30N2O4S/c1-19-7-15-26(16-8-19)34(31,32)29(24-11-13-25(33-3)14-12-24)18-27(30)28-20(2)22-10-9-21-5-4-6-23(21)17-22/h7-17,20H,4-6,18H2,1-3H3,(H,28,30)/t20-/m1/s1. The zero-order chi connectivity index (χ0) is 24.3. The summed E-state index contributed by atoms with van der Waals surface area (Å²) in [5, 5.41) is 2.97. The highest BCUT2D eigenvalue weighted by molar-refractivity contribution is 7.92. The third-order valence-corrected chi connectivity index (χ3v) is 8.04. The highest BCUT2D eigenvalue weighted by atomic mass is 32.2. The minimum Gasteiger partial charge on any atom is -0.497 e. The molecule has 0 heterocycles. The summed E-state index contributed by atoms with van der Waals surface area (Å²) in [7, 11) is -2.42. The maximum Gasteiger partial charge on any atom is 0.264 e. The van der Waals surface area contributed by atoms with Crippen LogP contribution in [0.25, 0.3) is 0 Å².